The first-order valence-corrected chi connectivity index (χ1v) is 3.53. The van der Waals surface area contributed by atoms with Gasteiger partial charge in [0.25, 0.3) is 0 Å². The fourth-order valence-electron chi connectivity index (χ4n) is 0.918. The number of rotatable bonds is 1. The van der Waals surface area contributed by atoms with E-state index in [0.717, 1.165) is 11.4 Å². The van der Waals surface area contributed by atoms with E-state index in [1.54, 1.807) is 0 Å². The van der Waals surface area contributed by atoms with E-state index in [1.807, 2.05) is 26.8 Å². The fraction of sp³-hybridized carbons (Fsp3) is 0.375. The number of hydrogen-bond acceptors (Lipinski definition) is 1. The standard InChI is InChI=1S/C8H12N2O/c1-5(2)4-7-6(3)9-8(11)10-7/h4H,1-3H3,(H2,9,10,11). The van der Waals surface area contributed by atoms with Gasteiger partial charge in [-0.25, -0.2) is 4.79 Å². The summed E-state index contributed by atoms with van der Waals surface area (Å²) in [6.45, 7) is 5.85. The highest BCUT2D eigenvalue weighted by molar-refractivity contribution is 5.49. The van der Waals surface area contributed by atoms with Crippen molar-refractivity contribution in [2.45, 2.75) is 20.8 Å². The fourth-order valence-corrected chi connectivity index (χ4v) is 0.918. The molecule has 0 unspecified atom stereocenters. The van der Waals surface area contributed by atoms with Crippen LogP contribution in [0.2, 0.25) is 0 Å². The lowest BCUT2D eigenvalue weighted by molar-refractivity contribution is 1.16. The third kappa shape index (κ3) is 1.83. The molecule has 0 atom stereocenters. The van der Waals surface area contributed by atoms with Crippen LogP contribution in [0.1, 0.15) is 25.2 Å². The summed E-state index contributed by atoms with van der Waals surface area (Å²) in [7, 11) is 0. The lowest BCUT2D eigenvalue weighted by atomic mass is 10.2. The van der Waals surface area contributed by atoms with Gasteiger partial charge in [-0.2, -0.15) is 0 Å². The van der Waals surface area contributed by atoms with Gasteiger partial charge in [0, 0.05) is 5.69 Å². The lowest BCUT2D eigenvalue weighted by Gasteiger charge is -1.89. The first-order valence-electron chi connectivity index (χ1n) is 3.53. The van der Waals surface area contributed by atoms with E-state index in [2.05, 4.69) is 9.97 Å². The molecule has 1 aromatic heterocycles. The number of aryl methyl sites for hydroxylation is 1. The smallest absolute Gasteiger partial charge is 0.310 e. The summed E-state index contributed by atoms with van der Waals surface area (Å²) in [5.74, 6) is 0. The molecule has 1 heterocycles. The maximum absolute atomic E-state index is 10.8. The van der Waals surface area contributed by atoms with Crippen LogP contribution in [0, 0.1) is 6.92 Å². The molecule has 0 amide bonds. The third-order valence-corrected chi connectivity index (χ3v) is 1.39. The average Bonchev–Trinajstić information content (AvgIpc) is 2.09. The van der Waals surface area contributed by atoms with Gasteiger partial charge in [0.05, 0.1) is 5.69 Å². The van der Waals surface area contributed by atoms with Crippen LogP contribution in [0.25, 0.3) is 6.08 Å². The molecule has 0 fully saturated rings. The monoisotopic (exact) mass is 152 g/mol. The Bertz CT molecular complexity index is 326. The lowest BCUT2D eigenvalue weighted by Crippen LogP contribution is -2.00. The van der Waals surface area contributed by atoms with Crippen molar-refractivity contribution in [2.24, 2.45) is 0 Å². The number of aromatic amines is 2. The number of aromatic nitrogens is 2. The van der Waals surface area contributed by atoms with Gasteiger partial charge in [-0.3, -0.25) is 0 Å². The van der Waals surface area contributed by atoms with Crippen LogP contribution in [-0.2, 0) is 0 Å². The molecule has 2 N–H and O–H groups in total. The summed E-state index contributed by atoms with van der Waals surface area (Å²) in [6.07, 6.45) is 1.94. The van der Waals surface area contributed by atoms with E-state index in [0.29, 0.717) is 0 Å². The molecule has 0 spiro atoms. The Hall–Kier alpha value is -1.25. The highest BCUT2D eigenvalue weighted by Crippen LogP contribution is 2.03. The highest BCUT2D eigenvalue weighted by atomic mass is 16.1. The number of nitrogens with one attached hydrogen (secondary N) is 2. The van der Waals surface area contributed by atoms with Gasteiger partial charge in [0.1, 0.15) is 0 Å². The van der Waals surface area contributed by atoms with Crippen molar-refractivity contribution < 1.29 is 0 Å². The second-order valence-electron chi connectivity index (χ2n) is 2.84. The van der Waals surface area contributed by atoms with Gasteiger partial charge in [-0.05, 0) is 26.8 Å². The molecule has 0 aliphatic heterocycles. The number of allylic oxidation sites excluding steroid dienone is 1. The molecule has 60 valence electrons. The van der Waals surface area contributed by atoms with E-state index >= 15 is 0 Å². The topological polar surface area (TPSA) is 48.6 Å². The van der Waals surface area contributed by atoms with Crippen molar-refractivity contribution in [3.05, 3.63) is 27.4 Å². The highest BCUT2D eigenvalue weighted by Gasteiger charge is 1.96. The molecule has 0 saturated heterocycles. The Morgan fingerprint density at radius 3 is 2.36 bits per heavy atom. The van der Waals surface area contributed by atoms with Crippen LogP contribution in [0.15, 0.2) is 10.4 Å². The van der Waals surface area contributed by atoms with Crippen LogP contribution in [0.3, 0.4) is 0 Å². The van der Waals surface area contributed by atoms with E-state index in [9.17, 15) is 4.79 Å². The summed E-state index contributed by atoms with van der Waals surface area (Å²) in [5.41, 5.74) is 2.78. The van der Waals surface area contributed by atoms with Gasteiger partial charge in [-0.1, -0.05) is 5.57 Å². The zero-order chi connectivity index (χ0) is 8.43. The van der Waals surface area contributed by atoms with Crippen LogP contribution < -0.4 is 5.69 Å². The van der Waals surface area contributed by atoms with Crippen molar-refractivity contribution >= 4 is 6.08 Å². The molecule has 0 aromatic carbocycles. The normalized spacial score (nSPS) is 9.73. The van der Waals surface area contributed by atoms with Gasteiger partial charge >= 0.3 is 5.69 Å². The molecule has 0 saturated carbocycles. The molecule has 3 heteroatoms. The summed E-state index contributed by atoms with van der Waals surface area (Å²) in [6, 6.07) is 0. The number of H-pyrrole nitrogens is 2. The van der Waals surface area contributed by atoms with E-state index in [1.165, 1.54) is 5.57 Å². The summed E-state index contributed by atoms with van der Waals surface area (Å²) >= 11 is 0. The summed E-state index contributed by atoms with van der Waals surface area (Å²) in [4.78, 5) is 16.1. The summed E-state index contributed by atoms with van der Waals surface area (Å²) in [5, 5.41) is 0. The first-order chi connectivity index (χ1) is 5.09. The van der Waals surface area contributed by atoms with Crippen LogP contribution >= 0.6 is 0 Å². The SMILES string of the molecule is CC(C)=Cc1[nH]c(=O)[nH]c1C. The zero-order valence-corrected chi connectivity index (χ0v) is 6.99. The van der Waals surface area contributed by atoms with E-state index in [-0.39, 0.29) is 5.69 Å². The summed E-state index contributed by atoms with van der Waals surface area (Å²) < 4.78 is 0. The molecule has 1 rings (SSSR count). The number of hydrogen-bond donors (Lipinski definition) is 2. The maximum Gasteiger partial charge on any atom is 0.323 e. The van der Waals surface area contributed by atoms with E-state index in [4.69, 9.17) is 0 Å². The average molecular weight is 152 g/mol. The Labute approximate surface area is 65.2 Å². The second kappa shape index (κ2) is 2.78. The molecule has 11 heavy (non-hydrogen) atoms. The zero-order valence-electron chi connectivity index (χ0n) is 6.99. The molecule has 0 aliphatic rings. The van der Waals surface area contributed by atoms with Gasteiger partial charge < -0.3 is 9.97 Å². The van der Waals surface area contributed by atoms with Crippen molar-refractivity contribution in [3.63, 3.8) is 0 Å². The molecule has 0 bridgehead atoms. The Morgan fingerprint density at radius 1 is 1.36 bits per heavy atom. The quantitative estimate of drug-likeness (QED) is 0.628. The van der Waals surface area contributed by atoms with Crippen LogP contribution in [-0.4, -0.2) is 9.97 Å². The second-order valence-corrected chi connectivity index (χ2v) is 2.84. The van der Waals surface area contributed by atoms with Crippen LogP contribution in [0.4, 0.5) is 0 Å². The van der Waals surface area contributed by atoms with Gasteiger partial charge in [0.15, 0.2) is 0 Å². The van der Waals surface area contributed by atoms with E-state index < -0.39 is 0 Å². The Balaban J connectivity index is 3.14. The molecule has 0 radical (unpaired) electrons. The van der Waals surface area contributed by atoms with Gasteiger partial charge in [-0.15, -0.1) is 0 Å². The molecule has 0 aliphatic carbocycles. The molecule has 1 aromatic rings. The number of imidazole rings is 1. The third-order valence-electron chi connectivity index (χ3n) is 1.39. The predicted octanol–water partition coefficient (Wildman–Crippen LogP) is 1.43. The Morgan fingerprint density at radius 2 is 2.00 bits per heavy atom. The van der Waals surface area contributed by atoms with Crippen molar-refractivity contribution in [1.29, 1.82) is 0 Å². The maximum atomic E-state index is 10.8. The largest absolute Gasteiger partial charge is 0.323 e. The minimum atomic E-state index is -0.144. The molecular weight excluding hydrogens is 140 g/mol. The molecular formula is C8H12N2O. The first kappa shape index (κ1) is 7.85. The molecule has 3 nitrogen and oxygen atoms in total. The van der Waals surface area contributed by atoms with Crippen molar-refractivity contribution in [3.8, 4) is 0 Å². The van der Waals surface area contributed by atoms with Crippen molar-refractivity contribution in [1.82, 2.24) is 9.97 Å². The van der Waals surface area contributed by atoms with Crippen molar-refractivity contribution in [2.75, 3.05) is 0 Å². The Kier molecular flexibility index (Phi) is 1.98. The minimum Gasteiger partial charge on any atom is -0.310 e. The predicted molar refractivity (Wildman–Crippen MR) is 45.5 cm³/mol. The van der Waals surface area contributed by atoms with Crippen LogP contribution in [0.5, 0.6) is 0 Å². The van der Waals surface area contributed by atoms with Gasteiger partial charge in [0.2, 0.25) is 0 Å². The minimum absolute atomic E-state index is 0.144.